The van der Waals surface area contributed by atoms with E-state index in [9.17, 15) is 5.11 Å². The largest absolute Gasteiger partial charge is 0.391 e. The molecule has 1 aliphatic rings. The molecule has 0 saturated carbocycles. The lowest BCUT2D eigenvalue weighted by atomic mass is 10.5. The van der Waals surface area contributed by atoms with Crippen LogP contribution in [0.15, 0.2) is 0 Å². The Hall–Kier alpha value is 0.580. The second kappa shape index (κ2) is 9.78. The van der Waals surface area contributed by atoms with Crippen LogP contribution in [0.1, 0.15) is 6.42 Å². The maximum Gasteiger partial charge on any atom is 0.0720 e. The van der Waals surface area contributed by atoms with Crippen molar-refractivity contribution < 1.29 is 14.6 Å². The zero-order valence-corrected chi connectivity index (χ0v) is 10.7. The Morgan fingerprint density at radius 2 is 1.40 bits per heavy atom. The first-order valence-corrected chi connectivity index (χ1v) is 7.69. The van der Waals surface area contributed by atoms with Gasteiger partial charge in [-0.3, -0.25) is 0 Å². The van der Waals surface area contributed by atoms with Crippen molar-refractivity contribution >= 4 is 23.5 Å². The highest BCUT2D eigenvalue weighted by atomic mass is 32.2. The van der Waals surface area contributed by atoms with Gasteiger partial charge in [0.25, 0.3) is 0 Å². The summed E-state index contributed by atoms with van der Waals surface area (Å²) >= 11 is 3.54. The van der Waals surface area contributed by atoms with Crippen molar-refractivity contribution in [3.63, 3.8) is 0 Å². The van der Waals surface area contributed by atoms with E-state index in [1.54, 1.807) is 23.5 Å². The van der Waals surface area contributed by atoms with E-state index in [0.29, 0.717) is 0 Å². The minimum absolute atomic E-state index is 0.192. The lowest BCUT2D eigenvalue weighted by molar-refractivity contribution is 0.0959. The molecule has 0 spiro atoms. The fourth-order valence-electron chi connectivity index (χ4n) is 1.19. The Morgan fingerprint density at radius 3 is 1.93 bits per heavy atom. The fraction of sp³-hybridized carbons (Fsp3) is 1.00. The summed E-state index contributed by atoms with van der Waals surface area (Å²) in [6.07, 6.45) is 0.792. The molecule has 5 heteroatoms. The molecule has 0 amide bonds. The molecule has 1 fully saturated rings. The molecule has 1 heterocycles. The van der Waals surface area contributed by atoms with Gasteiger partial charge in [-0.15, -0.1) is 0 Å². The van der Waals surface area contributed by atoms with Crippen molar-refractivity contribution in [2.24, 2.45) is 0 Å². The van der Waals surface area contributed by atoms with Gasteiger partial charge in [-0.2, -0.15) is 23.5 Å². The summed E-state index contributed by atoms with van der Waals surface area (Å²) in [6, 6.07) is 0. The second-order valence-corrected chi connectivity index (χ2v) is 5.68. The van der Waals surface area contributed by atoms with Crippen LogP contribution in [-0.4, -0.2) is 60.6 Å². The van der Waals surface area contributed by atoms with Gasteiger partial charge < -0.3 is 14.6 Å². The summed E-state index contributed by atoms with van der Waals surface area (Å²) in [5, 5.41) is 9.60. The zero-order valence-electron chi connectivity index (χ0n) is 9.02. The van der Waals surface area contributed by atoms with E-state index in [2.05, 4.69) is 0 Å². The van der Waals surface area contributed by atoms with Gasteiger partial charge in [0, 0.05) is 36.2 Å². The topological polar surface area (TPSA) is 38.7 Å². The van der Waals surface area contributed by atoms with Crippen molar-refractivity contribution in [3.8, 4) is 0 Å². The van der Waals surface area contributed by atoms with E-state index in [1.165, 1.54) is 0 Å². The normalized spacial score (nSPS) is 24.6. The van der Waals surface area contributed by atoms with E-state index in [1.807, 2.05) is 0 Å². The molecular formula is C10H20O3S2. The van der Waals surface area contributed by atoms with Gasteiger partial charge in [-0.1, -0.05) is 0 Å². The van der Waals surface area contributed by atoms with Gasteiger partial charge in [-0.05, 0) is 6.42 Å². The molecule has 0 radical (unpaired) electrons. The number of thioether (sulfide) groups is 2. The van der Waals surface area contributed by atoms with Crippen LogP contribution in [0.2, 0.25) is 0 Å². The third-order valence-electron chi connectivity index (χ3n) is 1.94. The van der Waals surface area contributed by atoms with Crippen LogP contribution in [0.4, 0.5) is 0 Å². The summed E-state index contributed by atoms with van der Waals surface area (Å²) in [4.78, 5) is 0. The van der Waals surface area contributed by atoms with Gasteiger partial charge in [0.2, 0.25) is 0 Å². The molecule has 1 N–H and O–H groups in total. The van der Waals surface area contributed by atoms with E-state index in [-0.39, 0.29) is 6.10 Å². The Bertz CT molecular complexity index is 133. The van der Waals surface area contributed by atoms with Crippen LogP contribution in [0.25, 0.3) is 0 Å². The Balaban J connectivity index is 2.10. The minimum Gasteiger partial charge on any atom is -0.391 e. The smallest absolute Gasteiger partial charge is 0.0720 e. The van der Waals surface area contributed by atoms with Crippen LogP contribution in [0.5, 0.6) is 0 Å². The highest BCUT2D eigenvalue weighted by Crippen LogP contribution is 2.09. The predicted molar refractivity (Wildman–Crippen MR) is 66.9 cm³/mol. The molecule has 90 valence electrons. The minimum atomic E-state index is -0.192. The lowest BCUT2D eigenvalue weighted by Gasteiger charge is -2.11. The highest BCUT2D eigenvalue weighted by molar-refractivity contribution is 8.00. The zero-order chi connectivity index (χ0) is 10.8. The summed E-state index contributed by atoms with van der Waals surface area (Å²) in [5.74, 6) is 3.58. The second-order valence-electron chi connectivity index (χ2n) is 3.38. The third kappa shape index (κ3) is 8.39. The average molecular weight is 252 g/mol. The lowest BCUT2D eigenvalue weighted by Crippen LogP contribution is -2.16. The Kier molecular flexibility index (Phi) is 8.90. The van der Waals surface area contributed by atoms with Crippen LogP contribution in [0, 0.1) is 0 Å². The van der Waals surface area contributed by atoms with E-state index in [0.717, 1.165) is 55.9 Å². The fourth-order valence-corrected chi connectivity index (χ4v) is 2.92. The summed E-state index contributed by atoms with van der Waals surface area (Å²) in [7, 11) is 0. The van der Waals surface area contributed by atoms with Gasteiger partial charge >= 0.3 is 0 Å². The monoisotopic (exact) mass is 252 g/mol. The first-order valence-electron chi connectivity index (χ1n) is 5.38. The van der Waals surface area contributed by atoms with Gasteiger partial charge in [0.05, 0.1) is 19.3 Å². The van der Waals surface area contributed by atoms with Crippen LogP contribution >= 0.6 is 23.5 Å². The molecule has 0 aromatic heterocycles. The molecule has 0 aromatic carbocycles. The summed E-state index contributed by atoms with van der Waals surface area (Å²) in [5.41, 5.74) is 0. The molecule has 1 rings (SSSR count). The number of aliphatic hydroxyl groups is 1. The molecule has 0 aromatic rings. The van der Waals surface area contributed by atoms with Crippen molar-refractivity contribution in [2.45, 2.75) is 12.5 Å². The Labute approximate surface area is 100 Å². The van der Waals surface area contributed by atoms with Gasteiger partial charge in [0.1, 0.15) is 0 Å². The molecule has 1 saturated heterocycles. The first kappa shape index (κ1) is 13.6. The Morgan fingerprint density at radius 1 is 0.867 bits per heavy atom. The number of rotatable bonds is 0. The number of hydrogen-bond acceptors (Lipinski definition) is 5. The molecule has 3 nitrogen and oxygen atoms in total. The van der Waals surface area contributed by atoms with Crippen LogP contribution in [0.3, 0.4) is 0 Å². The molecule has 0 bridgehead atoms. The molecule has 1 aliphatic heterocycles. The molecule has 0 unspecified atom stereocenters. The highest BCUT2D eigenvalue weighted by Gasteiger charge is 2.04. The number of hydrogen-bond donors (Lipinski definition) is 1. The third-order valence-corrected chi connectivity index (χ3v) is 4.09. The quantitative estimate of drug-likeness (QED) is 0.702. The molecule has 0 atom stereocenters. The number of ether oxygens (including phenoxy) is 2. The van der Waals surface area contributed by atoms with Gasteiger partial charge in [0.15, 0.2) is 0 Å². The van der Waals surface area contributed by atoms with E-state index < -0.39 is 0 Å². The maximum atomic E-state index is 9.60. The average Bonchev–Trinajstić information content (AvgIpc) is 2.24. The van der Waals surface area contributed by atoms with E-state index >= 15 is 0 Å². The molecule has 15 heavy (non-hydrogen) atoms. The number of aliphatic hydroxyl groups excluding tert-OH is 1. The van der Waals surface area contributed by atoms with Crippen molar-refractivity contribution in [1.29, 1.82) is 0 Å². The first-order chi connectivity index (χ1) is 7.39. The van der Waals surface area contributed by atoms with Crippen molar-refractivity contribution in [2.75, 3.05) is 49.4 Å². The SMILES string of the molecule is OC1CSCCOCCCOCCSC1. The standard InChI is InChI=1S/C10H20O3S2/c11-10-8-14-6-4-12-2-1-3-13-5-7-15-9-10/h10-11H,1-9H2. The maximum absolute atomic E-state index is 9.60. The van der Waals surface area contributed by atoms with Gasteiger partial charge in [-0.25, -0.2) is 0 Å². The molecule has 0 aliphatic carbocycles. The van der Waals surface area contributed by atoms with Crippen molar-refractivity contribution in [1.82, 2.24) is 0 Å². The van der Waals surface area contributed by atoms with Crippen LogP contribution in [-0.2, 0) is 9.47 Å². The van der Waals surface area contributed by atoms with Crippen molar-refractivity contribution in [3.05, 3.63) is 0 Å². The summed E-state index contributed by atoms with van der Waals surface area (Å²) < 4.78 is 10.9. The molecular weight excluding hydrogens is 232 g/mol. The van der Waals surface area contributed by atoms with E-state index in [4.69, 9.17) is 9.47 Å². The summed E-state index contributed by atoms with van der Waals surface area (Å²) in [6.45, 7) is 3.14. The predicted octanol–water partition coefficient (Wildman–Crippen LogP) is 1.25. The van der Waals surface area contributed by atoms with Crippen LogP contribution < -0.4 is 0 Å².